The molecule has 0 bridgehead atoms. The predicted octanol–water partition coefficient (Wildman–Crippen LogP) is 6.19. The van der Waals surface area contributed by atoms with Gasteiger partial charge in [-0.1, -0.05) is 31.2 Å². The number of hydrogen-bond donors (Lipinski definition) is 2. The van der Waals surface area contributed by atoms with Gasteiger partial charge in [0.25, 0.3) is 0 Å². The molecular formula is C32H37N7O2. The average molecular weight is 552 g/mol. The van der Waals surface area contributed by atoms with Crippen molar-refractivity contribution in [3.05, 3.63) is 89.4 Å². The Balaban J connectivity index is 1.52. The molecule has 9 heteroatoms. The van der Waals surface area contributed by atoms with E-state index in [0.29, 0.717) is 25.5 Å². The highest BCUT2D eigenvalue weighted by molar-refractivity contribution is 5.91. The molecule has 0 amide bonds. The fourth-order valence-corrected chi connectivity index (χ4v) is 5.13. The summed E-state index contributed by atoms with van der Waals surface area (Å²) in [5, 5.41) is 0. The highest BCUT2D eigenvalue weighted by Crippen LogP contribution is 2.35. The quantitative estimate of drug-likeness (QED) is 0.200. The summed E-state index contributed by atoms with van der Waals surface area (Å²) < 4.78 is 10.7. The summed E-state index contributed by atoms with van der Waals surface area (Å²) in [5.74, 6) is 3.80. The second-order valence-corrected chi connectivity index (χ2v) is 9.89. The van der Waals surface area contributed by atoms with E-state index in [0.717, 1.165) is 51.8 Å². The van der Waals surface area contributed by atoms with Crippen molar-refractivity contribution in [1.82, 2.24) is 19.9 Å². The Morgan fingerprint density at radius 2 is 1.49 bits per heavy atom. The zero-order valence-corrected chi connectivity index (χ0v) is 24.3. The van der Waals surface area contributed by atoms with Gasteiger partial charge in [-0.15, -0.1) is 0 Å². The number of nitrogens with zero attached hydrogens (tertiary/aromatic N) is 5. The van der Waals surface area contributed by atoms with E-state index in [-0.39, 0.29) is 0 Å². The first-order chi connectivity index (χ1) is 19.9. The van der Waals surface area contributed by atoms with Crippen molar-refractivity contribution in [2.75, 3.05) is 36.3 Å². The Morgan fingerprint density at radius 1 is 0.878 bits per heavy atom. The van der Waals surface area contributed by atoms with Gasteiger partial charge in [0.2, 0.25) is 0 Å². The van der Waals surface area contributed by atoms with Gasteiger partial charge in [0.15, 0.2) is 5.82 Å². The number of H-pyrrole nitrogens is 1. The number of anilines is 4. The molecule has 0 aliphatic heterocycles. The van der Waals surface area contributed by atoms with E-state index in [4.69, 9.17) is 25.2 Å². The maximum absolute atomic E-state index is 6.31. The molecule has 0 radical (unpaired) electrons. The summed E-state index contributed by atoms with van der Waals surface area (Å²) >= 11 is 0. The molecule has 0 saturated heterocycles. The number of methoxy groups -OCH3 is 2. The number of nitrogen functional groups attached to an aromatic ring is 1. The molecule has 3 heterocycles. The molecule has 9 nitrogen and oxygen atoms in total. The number of pyridine rings is 2. The van der Waals surface area contributed by atoms with Gasteiger partial charge in [-0.05, 0) is 67.3 Å². The lowest BCUT2D eigenvalue weighted by Gasteiger charge is -2.29. The van der Waals surface area contributed by atoms with E-state index < -0.39 is 0 Å². The van der Waals surface area contributed by atoms with Gasteiger partial charge < -0.3 is 30.0 Å². The summed E-state index contributed by atoms with van der Waals surface area (Å²) in [6.45, 7) is 8.40. The van der Waals surface area contributed by atoms with Gasteiger partial charge in [-0.3, -0.25) is 0 Å². The summed E-state index contributed by atoms with van der Waals surface area (Å²) in [4.78, 5) is 21.8. The molecule has 5 aromatic rings. The number of rotatable bonds is 11. The van der Waals surface area contributed by atoms with Crippen LogP contribution in [-0.2, 0) is 19.5 Å². The maximum atomic E-state index is 6.31. The van der Waals surface area contributed by atoms with Crippen LogP contribution in [0.3, 0.4) is 0 Å². The molecule has 0 aliphatic carbocycles. The molecule has 3 N–H and O–H groups in total. The van der Waals surface area contributed by atoms with Gasteiger partial charge in [0, 0.05) is 25.2 Å². The Kier molecular flexibility index (Phi) is 8.24. The third-order valence-electron chi connectivity index (χ3n) is 7.40. The lowest BCUT2D eigenvalue weighted by molar-refractivity contribution is 0.414. The number of nitrogens with two attached hydrogens (primary N) is 1. The lowest BCUT2D eigenvalue weighted by atomic mass is 10.1. The largest absolute Gasteiger partial charge is 0.497 e. The SMILES string of the molecule is CCc1cc(N(Cc2ccc(OC)cc2)Cc2ccc(OC)cc2)ncc1N(CC)c1nc(N)c2[nH]cnc2c1C. The number of aromatic nitrogens is 4. The first kappa shape index (κ1) is 27.8. The first-order valence-corrected chi connectivity index (χ1v) is 13.8. The van der Waals surface area contributed by atoms with Gasteiger partial charge in [-0.2, -0.15) is 0 Å². The van der Waals surface area contributed by atoms with Crippen molar-refractivity contribution < 1.29 is 9.47 Å². The fourth-order valence-electron chi connectivity index (χ4n) is 5.13. The van der Waals surface area contributed by atoms with Gasteiger partial charge in [-0.25, -0.2) is 15.0 Å². The molecule has 0 saturated carbocycles. The summed E-state index contributed by atoms with van der Waals surface area (Å²) in [6, 6.07) is 18.5. The average Bonchev–Trinajstić information content (AvgIpc) is 3.52. The van der Waals surface area contributed by atoms with E-state index in [1.807, 2.05) is 37.4 Å². The van der Waals surface area contributed by atoms with Crippen LogP contribution in [0.4, 0.5) is 23.1 Å². The predicted molar refractivity (Wildman–Crippen MR) is 165 cm³/mol. The molecule has 2 aromatic carbocycles. The van der Waals surface area contributed by atoms with Crippen LogP contribution in [0.15, 0.2) is 67.1 Å². The molecule has 3 aromatic heterocycles. The van der Waals surface area contributed by atoms with Gasteiger partial charge >= 0.3 is 0 Å². The number of imidazole rings is 1. The molecule has 41 heavy (non-hydrogen) atoms. The Labute approximate surface area is 241 Å². The van der Waals surface area contributed by atoms with Crippen molar-refractivity contribution in [3.63, 3.8) is 0 Å². The zero-order valence-electron chi connectivity index (χ0n) is 24.3. The molecule has 212 valence electrons. The van der Waals surface area contributed by atoms with Crippen LogP contribution < -0.4 is 25.0 Å². The highest BCUT2D eigenvalue weighted by atomic mass is 16.5. The van der Waals surface area contributed by atoms with E-state index >= 15 is 0 Å². The van der Waals surface area contributed by atoms with Gasteiger partial charge in [0.1, 0.15) is 28.7 Å². The van der Waals surface area contributed by atoms with Crippen LogP contribution in [0.2, 0.25) is 0 Å². The number of benzene rings is 2. The lowest BCUT2D eigenvalue weighted by Crippen LogP contribution is -2.25. The maximum Gasteiger partial charge on any atom is 0.151 e. The van der Waals surface area contributed by atoms with Crippen molar-refractivity contribution in [1.29, 1.82) is 0 Å². The van der Waals surface area contributed by atoms with Crippen LogP contribution in [0.5, 0.6) is 11.5 Å². The number of ether oxygens (including phenoxy) is 2. The third-order valence-corrected chi connectivity index (χ3v) is 7.40. The van der Waals surface area contributed by atoms with Crippen molar-refractivity contribution in [2.24, 2.45) is 0 Å². The topological polar surface area (TPSA) is 105 Å². The normalized spacial score (nSPS) is 11.0. The summed E-state index contributed by atoms with van der Waals surface area (Å²) in [7, 11) is 3.36. The van der Waals surface area contributed by atoms with Crippen LogP contribution in [0, 0.1) is 6.92 Å². The van der Waals surface area contributed by atoms with Crippen molar-refractivity contribution in [3.8, 4) is 11.5 Å². The molecule has 0 atom stereocenters. The Bertz CT molecular complexity index is 1570. The van der Waals surface area contributed by atoms with Crippen LogP contribution in [0.1, 0.15) is 36.1 Å². The number of nitrogens with one attached hydrogen (secondary N) is 1. The molecule has 5 rings (SSSR count). The monoisotopic (exact) mass is 551 g/mol. The molecule has 0 fully saturated rings. The molecular weight excluding hydrogens is 514 g/mol. The second kappa shape index (κ2) is 12.2. The number of aryl methyl sites for hydroxylation is 2. The van der Waals surface area contributed by atoms with E-state index in [1.54, 1.807) is 20.5 Å². The first-order valence-electron chi connectivity index (χ1n) is 13.8. The molecule has 0 spiro atoms. The van der Waals surface area contributed by atoms with Gasteiger partial charge in [0.05, 0.1) is 37.9 Å². The number of hydrogen-bond acceptors (Lipinski definition) is 8. The minimum absolute atomic E-state index is 0.435. The van der Waals surface area contributed by atoms with Crippen molar-refractivity contribution >= 4 is 34.2 Å². The van der Waals surface area contributed by atoms with Crippen LogP contribution >= 0.6 is 0 Å². The van der Waals surface area contributed by atoms with Crippen LogP contribution in [-0.4, -0.2) is 40.7 Å². The molecule has 0 unspecified atom stereocenters. The Hall–Kier alpha value is -4.79. The summed E-state index contributed by atoms with van der Waals surface area (Å²) in [6.07, 6.45) is 4.45. The Morgan fingerprint density at radius 3 is 2.02 bits per heavy atom. The standard InChI is InChI=1S/C32H37N7O2/c1-6-24-16-28(34-17-27(24)39(7-2)32-21(3)29-30(31(33)37-32)36-20-35-29)38(18-22-8-12-25(40-4)13-9-22)19-23-10-14-26(41-5)15-11-23/h8-17,20H,6-7,18-19H2,1-5H3,(H2,33,37)(H,35,36). The third kappa shape index (κ3) is 5.75. The van der Waals surface area contributed by atoms with E-state index in [9.17, 15) is 0 Å². The number of aromatic amines is 1. The van der Waals surface area contributed by atoms with E-state index in [1.165, 1.54) is 16.7 Å². The van der Waals surface area contributed by atoms with Crippen LogP contribution in [0.25, 0.3) is 11.0 Å². The number of fused-ring (bicyclic) bond motifs is 1. The highest BCUT2D eigenvalue weighted by Gasteiger charge is 2.21. The summed E-state index contributed by atoms with van der Waals surface area (Å²) in [5.41, 5.74) is 13.4. The minimum atomic E-state index is 0.435. The van der Waals surface area contributed by atoms with Crippen molar-refractivity contribution in [2.45, 2.75) is 40.3 Å². The smallest absolute Gasteiger partial charge is 0.151 e. The zero-order chi connectivity index (χ0) is 28.9. The van der Waals surface area contributed by atoms with E-state index in [2.05, 4.69) is 63.9 Å². The minimum Gasteiger partial charge on any atom is -0.497 e. The molecule has 0 aliphatic rings. The second-order valence-electron chi connectivity index (χ2n) is 9.89. The fraction of sp³-hybridized carbons (Fsp3) is 0.281.